The Bertz CT molecular complexity index is 2170. The average molecular weight is 835 g/mol. The number of nitrogen functional groups attached to an aromatic ring is 1. The summed E-state index contributed by atoms with van der Waals surface area (Å²) in [6.07, 6.45) is 6.39. The molecule has 0 atom stereocenters. The summed E-state index contributed by atoms with van der Waals surface area (Å²) in [5, 5.41) is 12.1. The quantitative estimate of drug-likeness (QED) is 0.179. The number of nitrogens with one attached hydrogen (secondary N) is 1. The second-order valence-electron chi connectivity index (χ2n) is 11.0. The van der Waals surface area contributed by atoms with Gasteiger partial charge in [0, 0.05) is 68.1 Å². The maximum absolute atomic E-state index is 12.5. The van der Waals surface area contributed by atoms with E-state index in [-0.39, 0.29) is 21.1 Å². The van der Waals surface area contributed by atoms with Gasteiger partial charge in [-0.2, -0.15) is 10.2 Å². The Morgan fingerprint density at radius 3 is 1.54 bits per heavy atom. The zero-order valence-corrected chi connectivity index (χ0v) is 30.8. The normalized spacial score (nSPS) is 10.4. The summed E-state index contributed by atoms with van der Waals surface area (Å²) in [6.45, 7) is 7.52. The first-order valence-corrected chi connectivity index (χ1v) is 15.5. The van der Waals surface area contributed by atoms with Crippen molar-refractivity contribution in [2.24, 2.45) is 0 Å². The van der Waals surface area contributed by atoms with Crippen molar-refractivity contribution in [2.45, 2.75) is 27.7 Å². The standard InChI is InChI=1S/C22H19N5O2.C15H15N5.W/c1-15-20(17-13-23-16(2)24-14-17)26-27(18-9-5-3-6-10-18)21(15)25-22(28)29-19-11-7-4-8-12-19;1-10-14(12-8-17-11(2)18-9-12)19-20(15(10)16)13-6-4-3-5-7-13;/h3-14H,1-2H3,(H,25,28);3-9H,16H2,1-2H3;. The summed E-state index contributed by atoms with van der Waals surface area (Å²) in [4.78, 5) is 29.4. The fourth-order valence-corrected chi connectivity index (χ4v) is 4.97. The number of ether oxygens (including phenoxy) is 1. The van der Waals surface area contributed by atoms with Gasteiger partial charge >= 0.3 is 6.09 Å². The first-order chi connectivity index (χ1) is 23.8. The average Bonchev–Trinajstić information content (AvgIpc) is 3.61. The molecule has 3 aromatic carbocycles. The van der Waals surface area contributed by atoms with Crippen LogP contribution in [-0.4, -0.2) is 45.6 Å². The molecule has 250 valence electrons. The van der Waals surface area contributed by atoms with Gasteiger partial charge in [0.15, 0.2) is 0 Å². The minimum Gasteiger partial charge on any atom is -0.410 e. The van der Waals surface area contributed by atoms with Crippen molar-refractivity contribution in [2.75, 3.05) is 11.1 Å². The van der Waals surface area contributed by atoms with E-state index in [1.165, 1.54) is 0 Å². The van der Waals surface area contributed by atoms with Crippen LogP contribution in [0.2, 0.25) is 0 Å². The van der Waals surface area contributed by atoms with Gasteiger partial charge in [0.1, 0.15) is 40.4 Å². The molecule has 12 nitrogen and oxygen atoms in total. The number of hydrogen-bond donors (Lipinski definition) is 2. The number of aromatic nitrogens is 8. The number of rotatable bonds is 6. The van der Waals surface area contributed by atoms with E-state index in [0.29, 0.717) is 28.9 Å². The molecule has 0 unspecified atom stereocenters. The molecule has 0 aliphatic rings. The van der Waals surface area contributed by atoms with Crippen LogP contribution in [-0.2, 0) is 21.1 Å². The van der Waals surface area contributed by atoms with Gasteiger partial charge in [-0.25, -0.2) is 34.1 Å². The van der Waals surface area contributed by atoms with E-state index in [2.05, 4.69) is 30.4 Å². The van der Waals surface area contributed by atoms with Crippen LogP contribution in [0, 0.1) is 27.7 Å². The Morgan fingerprint density at radius 2 is 1.04 bits per heavy atom. The summed E-state index contributed by atoms with van der Waals surface area (Å²) in [5.41, 5.74) is 12.8. The molecule has 0 bridgehead atoms. The van der Waals surface area contributed by atoms with Crippen molar-refractivity contribution in [1.29, 1.82) is 0 Å². The predicted molar refractivity (Wildman–Crippen MR) is 189 cm³/mol. The smallest absolute Gasteiger partial charge is 0.410 e. The minimum absolute atomic E-state index is 0. The molecule has 0 saturated heterocycles. The van der Waals surface area contributed by atoms with Gasteiger partial charge in [0.25, 0.3) is 0 Å². The molecule has 0 fully saturated rings. The Labute approximate surface area is 303 Å². The number of nitrogens with two attached hydrogens (primary N) is 1. The van der Waals surface area contributed by atoms with Crippen LogP contribution in [0.15, 0.2) is 116 Å². The molecule has 0 aliphatic carbocycles. The number of carbonyl (C=O) groups excluding carboxylic acids is 1. The second kappa shape index (κ2) is 15.9. The van der Waals surface area contributed by atoms with Gasteiger partial charge in [-0.05, 0) is 64.1 Å². The number of benzene rings is 3. The monoisotopic (exact) mass is 834 g/mol. The number of anilines is 2. The number of aryl methyl sites for hydroxylation is 2. The van der Waals surface area contributed by atoms with Crippen LogP contribution in [0.4, 0.5) is 16.4 Å². The zero-order chi connectivity index (χ0) is 34.3. The molecule has 7 aromatic rings. The largest absolute Gasteiger partial charge is 0.418 e. The Kier molecular flexibility index (Phi) is 11.3. The third-order valence-corrected chi connectivity index (χ3v) is 7.57. The maximum atomic E-state index is 12.5. The minimum atomic E-state index is -0.594. The molecule has 4 heterocycles. The van der Waals surface area contributed by atoms with Gasteiger partial charge in [0.2, 0.25) is 0 Å². The molecular formula is C37H34N10O2W. The molecule has 0 spiro atoms. The van der Waals surface area contributed by atoms with Crippen molar-refractivity contribution in [1.82, 2.24) is 39.5 Å². The Hall–Kier alpha value is -6.00. The van der Waals surface area contributed by atoms with E-state index in [1.54, 1.807) is 58.4 Å². The summed E-state index contributed by atoms with van der Waals surface area (Å²) in [7, 11) is 0. The Morgan fingerprint density at radius 1 is 0.620 bits per heavy atom. The number of nitrogens with zero attached hydrogens (tertiary/aromatic N) is 8. The van der Waals surface area contributed by atoms with E-state index < -0.39 is 6.09 Å². The summed E-state index contributed by atoms with van der Waals surface area (Å²) >= 11 is 0. The van der Waals surface area contributed by atoms with Crippen molar-refractivity contribution >= 4 is 17.7 Å². The van der Waals surface area contributed by atoms with Crippen LogP contribution >= 0.6 is 0 Å². The van der Waals surface area contributed by atoms with Gasteiger partial charge in [-0.1, -0.05) is 54.6 Å². The van der Waals surface area contributed by atoms with Gasteiger partial charge < -0.3 is 10.5 Å². The Balaban J connectivity index is 0.000000203. The van der Waals surface area contributed by atoms with Crippen LogP contribution < -0.4 is 15.8 Å². The molecular weight excluding hydrogens is 800 g/mol. The van der Waals surface area contributed by atoms with Crippen molar-refractivity contribution < 1.29 is 30.6 Å². The number of para-hydroxylation sites is 3. The van der Waals surface area contributed by atoms with Gasteiger partial charge in [-0.3, -0.25) is 5.32 Å². The van der Waals surface area contributed by atoms with Crippen LogP contribution in [0.3, 0.4) is 0 Å². The van der Waals surface area contributed by atoms with Crippen molar-refractivity contribution in [3.05, 3.63) is 139 Å². The molecule has 3 N–H and O–H groups in total. The van der Waals surface area contributed by atoms with Gasteiger partial charge in [0.05, 0.1) is 11.4 Å². The van der Waals surface area contributed by atoms with Crippen molar-refractivity contribution in [3.8, 4) is 39.6 Å². The number of hydrogen-bond acceptors (Lipinski definition) is 9. The van der Waals surface area contributed by atoms with Crippen molar-refractivity contribution in [3.63, 3.8) is 0 Å². The van der Waals surface area contributed by atoms with Crippen LogP contribution in [0.5, 0.6) is 5.75 Å². The van der Waals surface area contributed by atoms with E-state index in [1.807, 2.05) is 94.4 Å². The van der Waals surface area contributed by atoms with E-state index in [0.717, 1.165) is 45.1 Å². The SMILES string of the molecule is Cc1ncc(-c2nn(-c3ccccc3)c(N)c2C)cn1.Cc1ncc(-c2nn(-c3ccccc3)c(NC(=O)Oc3ccccc3)c2C)cn1.[W]. The number of amides is 1. The predicted octanol–water partition coefficient (Wildman–Crippen LogP) is 7.08. The fourth-order valence-electron chi connectivity index (χ4n) is 4.97. The van der Waals surface area contributed by atoms with E-state index in [4.69, 9.17) is 15.6 Å². The molecule has 0 saturated carbocycles. The summed E-state index contributed by atoms with van der Waals surface area (Å²) in [6, 6.07) is 28.3. The summed E-state index contributed by atoms with van der Waals surface area (Å²) < 4.78 is 8.80. The molecule has 7 rings (SSSR count). The maximum Gasteiger partial charge on any atom is 0.418 e. The fraction of sp³-hybridized carbons (Fsp3) is 0.108. The first kappa shape index (κ1) is 35.3. The topological polar surface area (TPSA) is 152 Å². The van der Waals surface area contributed by atoms with E-state index >= 15 is 0 Å². The zero-order valence-electron chi connectivity index (χ0n) is 27.8. The molecule has 13 heteroatoms. The number of carbonyl (C=O) groups is 1. The molecule has 0 radical (unpaired) electrons. The van der Waals surface area contributed by atoms with Gasteiger partial charge in [-0.15, -0.1) is 0 Å². The van der Waals surface area contributed by atoms with E-state index in [9.17, 15) is 4.79 Å². The van der Waals surface area contributed by atoms with Crippen LogP contribution in [0.25, 0.3) is 33.9 Å². The third-order valence-electron chi connectivity index (χ3n) is 7.57. The van der Waals surface area contributed by atoms with Crippen LogP contribution in [0.1, 0.15) is 22.8 Å². The second-order valence-corrected chi connectivity index (χ2v) is 11.0. The molecule has 1 amide bonds. The first-order valence-electron chi connectivity index (χ1n) is 15.5. The third kappa shape index (κ3) is 7.99. The molecule has 4 aromatic heterocycles. The molecule has 50 heavy (non-hydrogen) atoms. The summed E-state index contributed by atoms with van der Waals surface area (Å²) in [5.74, 6) is 3.03. The molecule has 0 aliphatic heterocycles.